The fourth-order valence-corrected chi connectivity index (χ4v) is 3.34. The van der Waals surface area contributed by atoms with E-state index in [1.165, 1.54) is 15.3 Å². The van der Waals surface area contributed by atoms with Crippen molar-refractivity contribution in [1.82, 2.24) is 5.32 Å². The van der Waals surface area contributed by atoms with Gasteiger partial charge in [0.25, 0.3) is 0 Å². The van der Waals surface area contributed by atoms with Gasteiger partial charge >= 0.3 is 0 Å². The number of hydrogen-bond donors (Lipinski definition) is 1. The molecule has 0 aliphatic rings. The first-order valence-corrected chi connectivity index (χ1v) is 8.45. The molecule has 1 heterocycles. The van der Waals surface area contributed by atoms with Crippen LogP contribution in [0, 0.1) is 6.92 Å². The lowest BCUT2D eigenvalue weighted by atomic mass is 10.2. The summed E-state index contributed by atoms with van der Waals surface area (Å²) in [5.74, 6) is 0.708. The molecule has 0 saturated carbocycles. The van der Waals surface area contributed by atoms with Crippen LogP contribution < -0.4 is 10.1 Å². The minimum Gasteiger partial charge on any atom is -0.487 e. The summed E-state index contributed by atoms with van der Waals surface area (Å²) in [5.41, 5.74) is 1.22. The van der Waals surface area contributed by atoms with Crippen LogP contribution in [0.2, 0.25) is 5.02 Å². The van der Waals surface area contributed by atoms with E-state index in [1.54, 1.807) is 0 Å². The molecule has 108 valence electrons. The molecule has 0 unspecified atom stereocenters. The van der Waals surface area contributed by atoms with Crippen molar-refractivity contribution in [3.05, 3.63) is 49.1 Å². The molecule has 0 spiro atoms. The topological polar surface area (TPSA) is 21.3 Å². The maximum absolute atomic E-state index is 6.12. The van der Waals surface area contributed by atoms with Crippen molar-refractivity contribution >= 4 is 38.9 Å². The summed E-state index contributed by atoms with van der Waals surface area (Å²) in [6, 6.07) is 7.83. The highest BCUT2D eigenvalue weighted by Crippen LogP contribution is 2.30. The van der Waals surface area contributed by atoms with Gasteiger partial charge in [-0.15, -0.1) is 11.3 Å². The molecule has 2 aromatic rings. The highest BCUT2D eigenvalue weighted by Gasteiger charge is 2.08. The number of benzene rings is 1. The number of aryl methyl sites for hydroxylation is 1. The fraction of sp³-hybridized carbons (Fsp3) is 0.333. The van der Waals surface area contributed by atoms with Crippen molar-refractivity contribution in [2.45, 2.75) is 27.0 Å². The second-order valence-electron chi connectivity index (χ2n) is 4.44. The van der Waals surface area contributed by atoms with Gasteiger partial charge in [0, 0.05) is 26.3 Å². The molecule has 1 aromatic heterocycles. The Bertz CT molecular complexity index is 585. The molecule has 2 nitrogen and oxygen atoms in total. The molecule has 5 heteroatoms. The number of ether oxygens (including phenoxy) is 1. The molecule has 0 aliphatic carbocycles. The van der Waals surface area contributed by atoms with E-state index in [1.807, 2.05) is 29.5 Å². The van der Waals surface area contributed by atoms with Gasteiger partial charge in [0.2, 0.25) is 0 Å². The van der Waals surface area contributed by atoms with Crippen LogP contribution in [-0.4, -0.2) is 6.54 Å². The van der Waals surface area contributed by atoms with E-state index in [9.17, 15) is 0 Å². The first-order chi connectivity index (χ1) is 9.60. The average molecular weight is 375 g/mol. The van der Waals surface area contributed by atoms with Crippen LogP contribution in [0.3, 0.4) is 0 Å². The zero-order chi connectivity index (χ0) is 14.5. The van der Waals surface area contributed by atoms with E-state index in [4.69, 9.17) is 16.3 Å². The minimum atomic E-state index is 0.546. The summed E-state index contributed by atoms with van der Waals surface area (Å²) in [6.07, 6.45) is 0. The molecule has 0 saturated heterocycles. The van der Waals surface area contributed by atoms with Crippen molar-refractivity contribution in [2.75, 3.05) is 6.54 Å². The van der Waals surface area contributed by atoms with Crippen LogP contribution in [-0.2, 0) is 13.2 Å². The first kappa shape index (κ1) is 15.8. The molecule has 1 N–H and O–H groups in total. The average Bonchev–Trinajstić information content (AvgIpc) is 2.78. The Labute approximate surface area is 137 Å². The van der Waals surface area contributed by atoms with Crippen LogP contribution >= 0.6 is 38.9 Å². The van der Waals surface area contributed by atoms with E-state index in [2.05, 4.69) is 41.2 Å². The Kier molecular flexibility index (Phi) is 5.90. The third-order valence-corrected chi connectivity index (χ3v) is 4.80. The predicted molar refractivity (Wildman–Crippen MR) is 89.9 cm³/mol. The van der Waals surface area contributed by atoms with Gasteiger partial charge in [-0.1, -0.05) is 34.5 Å². The third-order valence-electron chi connectivity index (χ3n) is 2.90. The normalized spacial score (nSPS) is 10.8. The van der Waals surface area contributed by atoms with Crippen LogP contribution in [0.1, 0.15) is 22.2 Å². The highest BCUT2D eigenvalue weighted by atomic mass is 79.9. The van der Waals surface area contributed by atoms with Gasteiger partial charge in [-0.2, -0.15) is 0 Å². The number of thiophene rings is 1. The number of halogens is 2. The number of rotatable bonds is 6. The lowest BCUT2D eigenvalue weighted by molar-refractivity contribution is 0.306. The van der Waals surface area contributed by atoms with E-state index < -0.39 is 0 Å². The molecule has 0 atom stereocenters. The lowest BCUT2D eigenvalue weighted by Crippen LogP contribution is -2.10. The molecular weight excluding hydrogens is 358 g/mol. The second kappa shape index (κ2) is 7.46. The molecule has 0 amide bonds. The van der Waals surface area contributed by atoms with Gasteiger partial charge in [0.1, 0.15) is 12.4 Å². The van der Waals surface area contributed by atoms with Crippen molar-refractivity contribution < 1.29 is 4.74 Å². The van der Waals surface area contributed by atoms with Gasteiger partial charge < -0.3 is 10.1 Å². The number of nitrogens with one attached hydrogen (secondary N) is 1. The van der Waals surface area contributed by atoms with E-state index >= 15 is 0 Å². The minimum absolute atomic E-state index is 0.546. The van der Waals surface area contributed by atoms with Crippen molar-refractivity contribution in [1.29, 1.82) is 0 Å². The summed E-state index contributed by atoms with van der Waals surface area (Å²) in [6.45, 7) is 6.68. The SMILES string of the molecule is CCNCc1cc(COc2cc(Br)ccc2Cl)c(C)s1. The molecule has 20 heavy (non-hydrogen) atoms. The maximum atomic E-state index is 6.12. The Morgan fingerprint density at radius 1 is 1.35 bits per heavy atom. The zero-order valence-corrected chi connectivity index (χ0v) is 14.7. The Hall–Kier alpha value is -0.550. The van der Waals surface area contributed by atoms with E-state index in [0.717, 1.165) is 17.6 Å². The molecule has 2 rings (SSSR count). The molecular formula is C15H17BrClNOS. The van der Waals surface area contributed by atoms with Crippen LogP contribution in [0.4, 0.5) is 0 Å². The summed E-state index contributed by atoms with van der Waals surface area (Å²) in [7, 11) is 0. The molecule has 0 aliphatic heterocycles. The molecule has 1 aromatic carbocycles. The van der Waals surface area contributed by atoms with Crippen LogP contribution in [0.25, 0.3) is 0 Å². The van der Waals surface area contributed by atoms with Gasteiger partial charge in [0.15, 0.2) is 0 Å². The van der Waals surface area contributed by atoms with Crippen molar-refractivity contribution in [3.8, 4) is 5.75 Å². The largest absolute Gasteiger partial charge is 0.487 e. The highest BCUT2D eigenvalue weighted by molar-refractivity contribution is 9.10. The van der Waals surface area contributed by atoms with Gasteiger partial charge in [-0.25, -0.2) is 0 Å². The van der Waals surface area contributed by atoms with Gasteiger partial charge in [-0.3, -0.25) is 0 Å². The monoisotopic (exact) mass is 373 g/mol. The Morgan fingerprint density at radius 3 is 2.90 bits per heavy atom. The zero-order valence-electron chi connectivity index (χ0n) is 11.5. The number of hydrogen-bond acceptors (Lipinski definition) is 3. The summed E-state index contributed by atoms with van der Waals surface area (Å²) < 4.78 is 6.79. The smallest absolute Gasteiger partial charge is 0.139 e. The first-order valence-electron chi connectivity index (χ1n) is 6.47. The summed E-state index contributed by atoms with van der Waals surface area (Å²) in [4.78, 5) is 2.63. The predicted octanol–water partition coefficient (Wildman–Crippen LogP) is 5.16. The quantitative estimate of drug-likeness (QED) is 0.754. The Balaban J connectivity index is 2.03. The second-order valence-corrected chi connectivity index (χ2v) is 7.10. The lowest BCUT2D eigenvalue weighted by Gasteiger charge is -2.08. The van der Waals surface area contributed by atoms with Gasteiger partial charge in [-0.05, 0) is 37.7 Å². The van der Waals surface area contributed by atoms with Crippen molar-refractivity contribution in [2.24, 2.45) is 0 Å². The summed E-state index contributed by atoms with van der Waals surface area (Å²) >= 11 is 11.4. The van der Waals surface area contributed by atoms with Crippen molar-refractivity contribution in [3.63, 3.8) is 0 Å². The molecule has 0 bridgehead atoms. The van der Waals surface area contributed by atoms with Crippen LogP contribution in [0.5, 0.6) is 5.75 Å². The van der Waals surface area contributed by atoms with Crippen LogP contribution in [0.15, 0.2) is 28.7 Å². The molecule has 0 radical (unpaired) electrons. The summed E-state index contributed by atoms with van der Waals surface area (Å²) in [5, 5.41) is 3.97. The standard InChI is InChI=1S/C15H17BrClNOS/c1-3-18-8-13-6-11(10(2)20-13)9-19-15-7-12(16)4-5-14(15)17/h4-7,18H,3,8-9H2,1-2H3. The van der Waals surface area contributed by atoms with E-state index in [-0.39, 0.29) is 0 Å². The van der Waals surface area contributed by atoms with E-state index in [0.29, 0.717) is 17.4 Å². The van der Waals surface area contributed by atoms with Gasteiger partial charge in [0.05, 0.1) is 5.02 Å². The Morgan fingerprint density at radius 2 is 2.15 bits per heavy atom. The fourth-order valence-electron chi connectivity index (χ4n) is 1.81. The molecule has 0 fully saturated rings. The third kappa shape index (κ3) is 4.22. The maximum Gasteiger partial charge on any atom is 0.139 e.